The molecule has 16 heavy (non-hydrogen) atoms. The first kappa shape index (κ1) is 10.8. The van der Waals surface area contributed by atoms with Crippen LogP contribution in [0.25, 0.3) is 0 Å². The highest BCUT2D eigenvalue weighted by molar-refractivity contribution is 7.10. The fourth-order valence-electron chi connectivity index (χ4n) is 1.23. The summed E-state index contributed by atoms with van der Waals surface area (Å²) in [4.78, 5) is 0. The Hall–Kier alpha value is -1.75. The van der Waals surface area contributed by atoms with Gasteiger partial charge in [0.25, 0.3) is 0 Å². The van der Waals surface area contributed by atoms with E-state index >= 15 is 0 Å². The topological polar surface area (TPSA) is 57.4 Å². The molecule has 84 valence electrons. The molecule has 4 nitrogen and oxygen atoms in total. The molecule has 0 fully saturated rings. The number of benzene rings is 1. The lowest BCUT2D eigenvalue weighted by molar-refractivity contribution is 0.304. The van der Waals surface area contributed by atoms with Crippen LogP contribution in [-0.2, 0) is 6.61 Å². The minimum Gasteiger partial charge on any atom is -0.497 e. The zero-order valence-corrected chi connectivity index (χ0v) is 9.66. The van der Waals surface area contributed by atoms with Crippen molar-refractivity contribution in [2.24, 2.45) is 0 Å². The Morgan fingerprint density at radius 2 is 2.19 bits per heavy atom. The van der Waals surface area contributed by atoms with E-state index in [9.17, 15) is 0 Å². The van der Waals surface area contributed by atoms with Crippen molar-refractivity contribution in [1.82, 2.24) is 4.37 Å². The number of aromatic nitrogens is 1. The number of ether oxygens (including phenoxy) is 2. The lowest BCUT2D eigenvalue weighted by Gasteiger charge is -2.06. The van der Waals surface area contributed by atoms with E-state index in [1.54, 1.807) is 13.3 Å². The predicted molar refractivity (Wildman–Crippen MR) is 63.9 cm³/mol. The molecule has 0 atom stereocenters. The van der Waals surface area contributed by atoms with E-state index in [0.29, 0.717) is 11.6 Å². The second-order valence-corrected chi connectivity index (χ2v) is 4.02. The summed E-state index contributed by atoms with van der Waals surface area (Å²) >= 11 is 1.27. The average Bonchev–Trinajstić information content (AvgIpc) is 2.72. The maximum Gasteiger partial charge on any atom is 0.123 e. The van der Waals surface area contributed by atoms with Crippen LogP contribution in [0.3, 0.4) is 0 Å². The molecule has 0 unspecified atom stereocenters. The van der Waals surface area contributed by atoms with Crippen molar-refractivity contribution in [2.75, 3.05) is 12.8 Å². The minimum absolute atomic E-state index is 0.426. The van der Waals surface area contributed by atoms with Crippen LogP contribution >= 0.6 is 11.5 Å². The highest BCUT2D eigenvalue weighted by atomic mass is 32.1. The summed E-state index contributed by atoms with van der Waals surface area (Å²) in [5.41, 5.74) is 6.62. The van der Waals surface area contributed by atoms with E-state index < -0.39 is 0 Å². The van der Waals surface area contributed by atoms with Gasteiger partial charge in [-0.2, -0.15) is 4.37 Å². The fraction of sp³-hybridized carbons (Fsp3) is 0.182. The number of anilines is 1. The lowest BCUT2D eigenvalue weighted by atomic mass is 10.3. The highest BCUT2D eigenvalue weighted by Crippen LogP contribution is 2.22. The summed E-state index contributed by atoms with van der Waals surface area (Å²) in [6.45, 7) is 0.426. The van der Waals surface area contributed by atoms with Gasteiger partial charge in [-0.15, -0.1) is 0 Å². The first-order valence-electron chi connectivity index (χ1n) is 4.75. The molecule has 0 radical (unpaired) electrons. The van der Waals surface area contributed by atoms with Gasteiger partial charge in [0.15, 0.2) is 0 Å². The number of hydrogen-bond acceptors (Lipinski definition) is 5. The average molecular weight is 236 g/mol. The van der Waals surface area contributed by atoms with Crippen LogP contribution in [0.2, 0.25) is 0 Å². The van der Waals surface area contributed by atoms with Crippen LogP contribution in [0.15, 0.2) is 30.5 Å². The third kappa shape index (κ3) is 2.43. The van der Waals surface area contributed by atoms with E-state index in [0.717, 1.165) is 17.1 Å². The molecule has 0 amide bonds. The molecule has 5 heteroatoms. The first-order chi connectivity index (χ1) is 7.79. The zero-order chi connectivity index (χ0) is 11.4. The number of methoxy groups -OCH3 is 1. The van der Waals surface area contributed by atoms with Gasteiger partial charge < -0.3 is 15.2 Å². The van der Waals surface area contributed by atoms with Crippen molar-refractivity contribution in [3.05, 3.63) is 36.0 Å². The van der Waals surface area contributed by atoms with Crippen molar-refractivity contribution in [3.63, 3.8) is 0 Å². The van der Waals surface area contributed by atoms with Crippen LogP contribution in [0.4, 0.5) is 5.00 Å². The van der Waals surface area contributed by atoms with Gasteiger partial charge in [-0.05, 0) is 23.7 Å². The van der Waals surface area contributed by atoms with Crippen LogP contribution in [0.1, 0.15) is 5.56 Å². The Bertz CT molecular complexity index is 471. The van der Waals surface area contributed by atoms with Gasteiger partial charge in [0.1, 0.15) is 23.1 Å². The van der Waals surface area contributed by atoms with E-state index in [4.69, 9.17) is 15.2 Å². The molecule has 0 aliphatic heterocycles. The van der Waals surface area contributed by atoms with Gasteiger partial charge in [-0.25, -0.2) is 0 Å². The second kappa shape index (κ2) is 4.85. The summed E-state index contributed by atoms with van der Waals surface area (Å²) in [5.74, 6) is 1.53. The van der Waals surface area contributed by atoms with Crippen LogP contribution in [0.5, 0.6) is 11.5 Å². The van der Waals surface area contributed by atoms with Gasteiger partial charge in [0, 0.05) is 17.8 Å². The van der Waals surface area contributed by atoms with Gasteiger partial charge in [-0.1, -0.05) is 6.07 Å². The maximum atomic E-state index is 5.71. The summed E-state index contributed by atoms with van der Waals surface area (Å²) in [7, 11) is 1.62. The normalized spacial score (nSPS) is 10.1. The number of nitrogens with zero attached hydrogens (tertiary/aromatic N) is 1. The SMILES string of the molecule is COc1cccc(OCc2cnsc2N)c1. The Morgan fingerprint density at radius 1 is 1.38 bits per heavy atom. The molecule has 0 aliphatic rings. The predicted octanol–water partition coefficient (Wildman–Crippen LogP) is 2.31. The van der Waals surface area contributed by atoms with Crippen molar-refractivity contribution >= 4 is 16.5 Å². The lowest BCUT2D eigenvalue weighted by Crippen LogP contribution is -1.97. The molecule has 2 aromatic rings. The van der Waals surface area contributed by atoms with Gasteiger partial charge >= 0.3 is 0 Å². The van der Waals surface area contributed by atoms with Gasteiger partial charge in [0.2, 0.25) is 0 Å². The first-order valence-corrected chi connectivity index (χ1v) is 5.53. The van der Waals surface area contributed by atoms with E-state index in [2.05, 4.69) is 4.37 Å². The molecular formula is C11H12N2O2S. The van der Waals surface area contributed by atoms with E-state index in [1.807, 2.05) is 24.3 Å². The molecule has 1 heterocycles. The maximum absolute atomic E-state index is 5.71. The Balaban J connectivity index is 2.02. The number of nitrogens with two attached hydrogens (primary N) is 1. The smallest absolute Gasteiger partial charge is 0.123 e. The summed E-state index contributed by atoms with van der Waals surface area (Å²) in [6.07, 6.45) is 1.72. The van der Waals surface area contributed by atoms with E-state index in [-0.39, 0.29) is 0 Å². The van der Waals surface area contributed by atoms with Crippen molar-refractivity contribution < 1.29 is 9.47 Å². The minimum atomic E-state index is 0.426. The molecule has 0 saturated heterocycles. The van der Waals surface area contributed by atoms with Crippen molar-refractivity contribution in [2.45, 2.75) is 6.61 Å². The molecular weight excluding hydrogens is 224 g/mol. The summed E-state index contributed by atoms with van der Waals surface area (Å²) < 4.78 is 14.7. The van der Waals surface area contributed by atoms with Crippen molar-refractivity contribution in [1.29, 1.82) is 0 Å². The quantitative estimate of drug-likeness (QED) is 0.885. The third-order valence-electron chi connectivity index (χ3n) is 2.11. The summed E-state index contributed by atoms with van der Waals surface area (Å²) in [5, 5.41) is 0.697. The molecule has 0 spiro atoms. The molecule has 2 rings (SSSR count). The molecule has 1 aromatic carbocycles. The molecule has 0 saturated carbocycles. The number of nitrogen functional groups attached to an aromatic ring is 1. The van der Waals surface area contributed by atoms with Gasteiger partial charge in [-0.3, -0.25) is 0 Å². The molecule has 0 bridgehead atoms. The Morgan fingerprint density at radius 3 is 2.88 bits per heavy atom. The van der Waals surface area contributed by atoms with Crippen LogP contribution in [-0.4, -0.2) is 11.5 Å². The molecule has 0 aliphatic carbocycles. The highest BCUT2D eigenvalue weighted by Gasteiger charge is 2.03. The largest absolute Gasteiger partial charge is 0.497 e. The number of hydrogen-bond donors (Lipinski definition) is 1. The van der Waals surface area contributed by atoms with Gasteiger partial charge in [0.05, 0.1) is 7.11 Å². The standard InChI is InChI=1S/C11H12N2O2S/c1-14-9-3-2-4-10(5-9)15-7-8-6-13-16-11(8)12/h2-6H,7,12H2,1H3. The second-order valence-electron chi connectivity index (χ2n) is 3.18. The number of rotatable bonds is 4. The zero-order valence-electron chi connectivity index (χ0n) is 8.84. The monoisotopic (exact) mass is 236 g/mol. The fourth-order valence-corrected chi connectivity index (χ4v) is 1.75. The molecule has 2 N–H and O–H groups in total. The third-order valence-corrected chi connectivity index (χ3v) is 2.78. The Labute approximate surface area is 97.8 Å². The van der Waals surface area contributed by atoms with E-state index in [1.165, 1.54) is 11.5 Å². The molecule has 1 aromatic heterocycles. The van der Waals surface area contributed by atoms with Crippen molar-refractivity contribution in [3.8, 4) is 11.5 Å². The van der Waals surface area contributed by atoms with Crippen LogP contribution < -0.4 is 15.2 Å². The summed E-state index contributed by atoms with van der Waals surface area (Å²) in [6, 6.07) is 7.45. The van der Waals surface area contributed by atoms with Crippen LogP contribution in [0, 0.1) is 0 Å². The Kier molecular flexibility index (Phi) is 3.26.